The Morgan fingerprint density at radius 2 is 0.643 bits per heavy atom. The molecule has 0 N–H and O–H groups in total. The molecular weight excluding hydrogens is 697 g/mol. The highest BCUT2D eigenvalue weighted by Gasteiger charge is 2.19. The number of hydrogen-bond acceptors (Lipinski definition) is 6. The number of allylic oxidation sites excluding steroid dienone is 4. The maximum Gasteiger partial charge on any atom is 0.306 e. The van der Waals surface area contributed by atoms with Gasteiger partial charge in [0.05, 0.1) is 0 Å². The van der Waals surface area contributed by atoms with Gasteiger partial charge in [-0.1, -0.05) is 212 Å². The normalized spacial score (nSPS) is 12.1. The standard InChI is InChI=1S/C50H92O6/c1-4-7-10-13-15-17-19-20-21-22-23-24-25-26-27-28-29-30-31-33-34-37-40-43-49(52)55-46-47(45-54-48(51)42-39-36-12-9-6-3)56-50(53)44-41-38-35-32-18-16-14-11-8-5-2/h19-20,22-23,47H,4-18,21,24-46H2,1-3H3/b20-19-,23-22-. The van der Waals surface area contributed by atoms with Crippen LogP contribution >= 0.6 is 0 Å². The minimum Gasteiger partial charge on any atom is -0.462 e. The molecule has 56 heavy (non-hydrogen) atoms. The summed E-state index contributed by atoms with van der Waals surface area (Å²) in [5, 5.41) is 0. The van der Waals surface area contributed by atoms with Crippen molar-refractivity contribution < 1.29 is 28.6 Å². The van der Waals surface area contributed by atoms with Crippen molar-refractivity contribution in [3.05, 3.63) is 24.3 Å². The molecule has 0 saturated carbocycles. The van der Waals surface area contributed by atoms with Crippen LogP contribution in [0.25, 0.3) is 0 Å². The van der Waals surface area contributed by atoms with Crippen LogP contribution in [-0.4, -0.2) is 37.2 Å². The Morgan fingerprint density at radius 3 is 0.982 bits per heavy atom. The second kappa shape index (κ2) is 45.6. The maximum atomic E-state index is 12.6. The molecule has 0 heterocycles. The zero-order valence-electron chi connectivity index (χ0n) is 37.4. The van der Waals surface area contributed by atoms with E-state index < -0.39 is 6.10 Å². The zero-order valence-corrected chi connectivity index (χ0v) is 37.4. The lowest BCUT2D eigenvalue weighted by atomic mass is 10.0. The van der Waals surface area contributed by atoms with Gasteiger partial charge in [0.2, 0.25) is 0 Å². The molecule has 0 bridgehead atoms. The lowest BCUT2D eigenvalue weighted by Crippen LogP contribution is -2.30. The predicted molar refractivity (Wildman–Crippen MR) is 238 cm³/mol. The topological polar surface area (TPSA) is 78.9 Å². The van der Waals surface area contributed by atoms with E-state index in [1.165, 1.54) is 148 Å². The first-order chi connectivity index (χ1) is 27.5. The molecule has 0 radical (unpaired) electrons. The number of unbranched alkanes of at least 4 members (excludes halogenated alkanes) is 29. The van der Waals surface area contributed by atoms with Crippen molar-refractivity contribution >= 4 is 17.9 Å². The molecule has 0 amide bonds. The van der Waals surface area contributed by atoms with E-state index in [9.17, 15) is 14.4 Å². The Labute approximate surface area is 347 Å². The Morgan fingerprint density at radius 1 is 0.357 bits per heavy atom. The Kier molecular flexibility index (Phi) is 43.9. The first-order valence-corrected chi connectivity index (χ1v) is 24.3. The quantitative estimate of drug-likeness (QED) is 0.0265. The number of ether oxygens (including phenoxy) is 3. The molecule has 6 heteroatoms. The number of carbonyl (C=O) groups excluding carboxylic acids is 3. The van der Waals surface area contributed by atoms with E-state index >= 15 is 0 Å². The van der Waals surface area contributed by atoms with Gasteiger partial charge in [-0.25, -0.2) is 0 Å². The molecule has 6 nitrogen and oxygen atoms in total. The lowest BCUT2D eigenvalue weighted by Gasteiger charge is -2.18. The third-order valence-electron chi connectivity index (χ3n) is 10.7. The second-order valence-corrected chi connectivity index (χ2v) is 16.4. The van der Waals surface area contributed by atoms with Gasteiger partial charge in [0.1, 0.15) is 13.2 Å². The van der Waals surface area contributed by atoms with E-state index in [2.05, 4.69) is 45.1 Å². The number of hydrogen-bond donors (Lipinski definition) is 0. The molecule has 1 unspecified atom stereocenters. The van der Waals surface area contributed by atoms with Crippen molar-refractivity contribution in [2.45, 2.75) is 264 Å². The molecule has 0 aromatic carbocycles. The highest BCUT2D eigenvalue weighted by atomic mass is 16.6. The molecule has 0 spiro atoms. The molecule has 0 fully saturated rings. The van der Waals surface area contributed by atoms with Gasteiger partial charge in [-0.3, -0.25) is 14.4 Å². The Balaban J connectivity index is 4.04. The van der Waals surface area contributed by atoms with E-state index in [0.29, 0.717) is 19.3 Å². The fourth-order valence-electron chi connectivity index (χ4n) is 7.00. The summed E-state index contributed by atoms with van der Waals surface area (Å²) in [7, 11) is 0. The van der Waals surface area contributed by atoms with E-state index in [0.717, 1.165) is 70.6 Å². The highest BCUT2D eigenvalue weighted by molar-refractivity contribution is 5.71. The van der Waals surface area contributed by atoms with Crippen molar-refractivity contribution in [3.8, 4) is 0 Å². The van der Waals surface area contributed by atoms with Crippen molar-refractivity contribution in [1.82, 2.24) is 0 Å². The van der Waals surface area contributed by atoms with E-state index in [4.69, 9.17) is 14.2 Å². The lowest BCUT2D eigenvalue weighted by molar-refractivity contribution is -0.167. The van der Waals surface area contributed by atoms with E-state index in [-0.39, 0.29) is 31.1 Å². The molecule has 328 valence electrons. The first-order valence-electron chi connectivity index (χ1n) is 24.3. The van der Waals surface area contributed by atoms with Crippen LogP contribution in [0.5, 0.6) is 0 Å². The third-order valence-corrected chi connectivity index (χ3v) is 10.7. The van der Waals surface area contributed by atoms with Crippen molar-refractivity contribution in [2.75, 3.05) is 13.2 Å². The Hall–Kier alpha value is -2.11. The average Bonchev–Trinajstić information content (AvgIpc) is 3.19. The van der Waals surface area contributed by atoms with Crippen molar-refractivity contribution in [2.24, 2.45) is 0 Å². The van der Waals surface area contributed by atoms with Gasteiger partial charge in [0.25, 0.3) is 0 Å². The van der Waals surface area contributed by atoms with Crippen molar-refractivity contribution in [3.63, 3.8) is 0 Å². The van der Waals surface area contributed by atoms with Crippen LogP contribution < -0.4 is 0 Å². The monoisotopic (exact) mass is 789 g/mol. The zero-order chi connectivity index (χ0) is 40.8. The molecule has 0 aromatic heterocycles. The van der Waals surface area contributed by atoms with Crippen LogP contribution in [-0.2, 0) is 28.6 Å². The summed E-state index contributed by atoms with van der Waals surface area (Å²) in [6.45, 7) is 6.54. The molecule has 0 saturated heterocycles. The largest absolute Gasteiger partial charge is 0.462 e. The van der Waals surface area contributed by atoms with Crippen LogP contribution in [0.2, 0.25) is 0 Å². The molecule has 0 aliphatic rings. The third kappa shape index (κ3) is 43.0. The maximum absolute atomic E-state index is 12.6. The molecular formula is C50H92O6. The summed E-state index contributed by atoms with van der Waals surface area (Å²) in [6.07, 6.45) is 50.6. The summed E-state index contributed by atoms with van der Waals surface area (Å²) in [5.74, 6) is -0.880. The van der Waals surface area contributed by atoms with Gasteiger partial charge < -0.3 is 14.2 Å². The summed E-state index contributed by atoms with van der Waals surface area (Å²) >= 11 is 0. The van der Waals surface area contributed by atoms with Crippen LogP contribution in [0.1, 0.15) is 258 Å². The number of carbonyl (C=O) groups is 3. The summed E-state index contributed by atoms with van der Waals surface area (Å²) in [4.78, 5) is 37.5. The number of esters is 3. The molecule has 1 atom stereocenters. The van der Waals surface area contributed by atoms with Gasteiger partial charge in [-0.05, 0) is 51.4 Å². The predicted octanol–water partition coefficient (Wildman–Crippen LogP) is 15.6. The number of rotatable bonds is 44. The SMILES string of the molecule is CCCCCCC/C=C\C/C=C\CCCCCCCCCCCCCC(=O)OCC(COC(=O)CCCCCCC)OC(=O)CCCCCCCCCCCC. The van der Waals surface area contributed by atoms with Crippen LogP contribution in [0, 0.1) is 0 Å². The molecule has 0 rings (SSSR count). The van der Waals surface area contributed by atoms with Crippen LogP contribution in [0.4, 0.5) is 0 Å². The molecule has 0 aliphatic heterocycles. The summed E-state index contributed by atoms with van der Waals surface area (Å²) in [5.41, 5.74) is 0. The van der Waals surface area contributed by atoms with Crippen molar-refractivity contribution in [1.29, 1.82) is 0 Å². The minimum absolute atomic E-state index is 0.0694. The van der Waals surface area contributed by atoms with E-state index in [1.54, 1.807) is 0 Å². The van der Waals surface area contributed by atoms with Gasteiger partial charge in [-0.15, -0.1) is 0 Å². The highest BCUT2D eigenvalue weighted by Crippen LogP contribution is 2.15. The van der Waals surface area contributed by atoms with Crippen LogP contribution in [0.3, 0.4) is 0 Å². The fraction of sp³-hybridized carbons (Fsp3) is 0.860. The second-order valence-electron chi connectivity index (χ2n) is 16.4. The summed E-state index contributed by atoms with van der Waals surface area (Å²) < 4.78 is 16.6. The summed E-state index contributed by atoms with van der Waals surface area (Å²) in [6, 6.07) is 0. The van der Waals surface area contributed by atoms with Crippen LogP contribution in [0.15, 0.2) is 24.3 Å². The average molecular weight is 789 g/mol. The van der Waals surface area contributed by atoms with Gasteiger partial charge in [0.15, 0.2) is 6.10 Å². The van der Waals surface area contributed by atoms with Gasteiger partial charge in [-0.2, -0.15) is 0 Å². The molecule has 0 aliphatic carbocycles. The minimum atomic E-state index is -0.762. The van der Waals surface area contributed by atoms with E-state index in [1.807, 2.05) is 0 Å². The smallest absolute Gasteiger partial charge is 0.306 e. The molecule has 0 aromatic rings. The van der Waals surface area contributed by atoms with Gasteiger partial charge in [0, 0.05) is 19.3 Å². The van der Waals surface area contributed by atoms with Gasteiger partial charge >= 0.3 is 17.9 Å². The Bertz CT molecular complexity index is 911. The fourth-order valence-corrected chi connectivity index (χ4v) is 7.00. The first kappa shape index (κ1) is 53.9.